The lowest BCUT2D eigenvalue weighted by atomic mass is 9.80. The first-order chi connectivity index (χ1) is 9.18. The first-order valence-electron chi connectivity index (χ1n) is 6.32. The van der Waals surface area contributed by atoms with Gasteiger partial charge in [-0.2, -0.15) is 0 Å². The summed E-state index contributed by atoms with van der Waals surface area (Å²) in [6, 6.07) is 15.3. The molecule has 0 fully saturated rings. The van der Waals surface area contributed by atoms with Crippen LogP contribution in [0.25, 0.3) is 11.1 Å². The second-order valence-electron chi connectivity index (χ2n) is 4.80. The number of aliphatic hydroxyl groups excluding tert-OH is 1. The SMILES string of the molecule is CC(=O)N[C@H]1c2ccccc2-c2ccccc2[C@@H]1O. The van der Waals surface area contributed by atoms with Gasteiger partial charge in [-0.3, -0.25) is 4.79 Å². The third kappa shape index (κ3) is 1.92. The predicted molar refractivity (Wildman–Crippen MR) is 73.4 cm³/mol. The van der Waals surface area contributed by atoms with Crippen LogP contribution in [-0.4, -0.2) is 11.0 Å². The van der Waals surface area contributed by atoms with Crippen LogP contribution in [0, 0.1) is 0 Å². The molecule has 1 aliphatic rings. The highest BCUT2D eigenvalue weighted by molar-refractivity contribution is 5.78. The molecule has 0 aliphatic heterocycles. The van der Waals surface area contributed by atoms with Crippen LogP contribution >= 0.6 is 0 Å². The fourth-order valence-electron chi connectivity index (χ4n) is 2.74. The third-order valence-electron chi connectivity index (χ3n) is 3.54. The molecule has 1 aliphatic carbocycles. The zero-order valence-electron chi connectivity index (χ0n) is 10.6. The fraction of sp³-hybridized carbons (Fsp3) is 0.188. The summed E-state index contributed by atoms with van der Waals surface area (Å²) in [6.07, 6.45) is -0.713. The Balaban J connectivity index is 2.20. The van der Waals surface area contributed by atoms with Crippen molar-refractivity contribution in [3.63, 3.8) is 0 Å². The molecular formula is C16H15NO2. The van der Waals surface area contributed by atoms with E-state index < -0.39 is 6.10 Å². The van der Waals surface area contributed by atoms with Crippen molar-refractivity contribution >= 4 is 5.91 Å². The van der Waals surface area contributed by atoms with Crippen LogP contribution in [-0.2, 0) is 4.79 Å². The maximum absolute atomic E-state index is 11.4. The molecule has 0 bridgehead atoms. The minimum absolute atomic E-state index is 0.141. The number of aliphatic hydroxyl groups is 1. The minimum Gasteiger partial charge on any atom is -0.386 e. The molecular weight excluding hydrogens is 238 g/mol. The lowest BCUT2D eigenvalue weighted by Gasteiger charge is -2.32. The van der Waals surface area contributed by atoms with Gasteiger partial charge >= 0.3 is 0 Å². The summed E-state index contributed by atoms with van der Waals surface area (Å²) in [6.45, 7) is 1.47. The molecule has 0 spiro atoms. The van der Waals surface area contributed by atoms with Gasteiger partial charge in [0, 0.05) is 6.92 Å². The van der Waals surface area contributed by atoms with Crippen molar-refractivity contribution < 1.29 is 9.90 Å². The zero-order chi connectivity index (χ0) is 13.4. The number of nitrogens with one attached hydrogen (secondary N) is 1. The number of benzene rings is 2. The van der Waals surface area contributed by atoms with Crippen LogP contribution in [0.2, 0.25) is 0 Å². The largest absolute Gasteiger partial charge is 0.386 e. The Kier molecular flexibility index (Phi) is 2.84. The van der Waals surface area contributed by atoms with Crippen LogP contribution in [0.1, 0.15) is 30.2 Å². The molecule has 1 amide bonds. The average molecular weight is 253 g/mol. The summed E-state index contributed by atoms with van der Waals surface area (Å²) < 4.78 is 0. The van der Waals surface area contributed by atoms with Crippen molar-refractivity contribution in [3.05, 3.63) is 59.7 Å². The van der Waals surface area contributed by atoms with E-state index in [4.69, 9.17) is 0 Å². The number of hydrogen-bond donors (Lipinski definition) is 2. The molecule has 0 aromatic heterocycles. The summed E-state index contributed by atoms with van der Waals surface area (Å²) in [7, 11) is 0. The normalized spacial score (nSPS) is 20.3. The molecule has 3 heteroatoms. The Morgan fingerprint density at radius 3 is 2.16 bits per heavy atom. The monoisotopic (exact) mass is 253 g/mol. The molecule has 0 unspecified atom stereocenters. The van der Waals surface area contributed by atoms with Crippen molar-refractivity contribution in [1.82, 2.24) is 5.32 Å². The number of fused-ring (bicyclic) bond motifs is 3. The molecule has 0 saturated heterocycles. The number of carbonyl (C=O) groups is 1. The summed E-state index contributed by atoms with van der Waals surface area (Å²) in [5.74, 6) is -0.141. The third-order valence-corrected chi connectivity index (χ3v) is 3.54. The van der Waals surface area contributed by atoms with Gasteiger partial charge in [-0.15, -0.1) is 0 Å². The van der Waals surface area contributed by atoms with E-state index in [0.717, 1.165) is 22.3 Å². The molecule has 0 heterocycles. The summed E-state index contributed by atoms with van der Waals surface area (Å²) in [5.41, 5.74) is 3.93. The smallest absolute Gasteiger partial charge is 0.217 e. The number of carbonyl (C=O) groups excluding carboxylic acids is 1. The zero-order valence-corrected chi connectivity index (χ0v) is 10.6. The van der Waals surface area contributed by atoms with Crippen LogP contribution in [0.5, 0.6) is 0 Å². The molecule has 3 nitrogen and oxygen atoms in total. The van der Waals surface area contributed by atoms with Crippen LogP contribution in [0.15, 0.2) is 48.5 Å². The van der Waals surface area contributed by atoms with Gasteiger partial charge < -0.3 is 10.4 Å². The van der Waals surface area contributed by atoms with Crippen molar-refractivity contribution in [3.8, 4) is 11.1 Å². The van der Waals surface area contributed by atoms with Gasteiger partial charge in [0.2, 0.25) is 5.91 Å². The van der Waals surface area contributed by atoms with E-state index >= 15 is 0 Å². The number of amides is 1. The summed E-state index contributed by atoms with van der Waals surface area (Å²) in [4.78, 5) is 11.4. The lowest BCUT2D eigenvalue weighted by Crippen LogP contribution is -2.33. The van der Waals surface area contributed by atoms with Crippen LogP contribution in [0.4, 0.5) is 0 Å². The quantitative estimate of drug-likeness (QED) is 0.820. The average Bonchev–Trinajstić information content (AvgIpc) is 2.43. The van der Waals surface area contributed by atoms with Crippen molar-refractivity contribution in [2.24, 2.45) is 0 Å². The van der Waals surface area contributed by atoms with Crippen LogP contribution in [0.3, 0.4) is 0 Å². The van der Waals surface area contributed by atoms with Gasteiger partial charge in [0.1, 0.15) is 6.10 Å². The van der Waals surface area contributed by atoms with E-state index in [9.17, 15) is 9.90 Å². The maximum Gasteiger partial charge on any atom is 0.217 e. The van der Waals surface area contributed by atoms with Gasteiger partial charge in [0.05, 0.1) is 6.04 Å². The second kappa shape index (κ2) is 4.52. The van der Waals surface area contributed by atoms with E-state index in [1.807, 2.05) is 48.5 Å². The Bertz CT molecular complexity index is 636. The van der Waals surface area contributed by atoms with E-state index in [2.05, 4.69) is 5.32 Å². The molecule has 2 aromatic carbocycles. The van der Waals surface area contributed by atoms with Gasteiger partial charge in [-0.25, -0.2) is 0 Å². The van der Waals surface area contributed by atoms with Gasteiger partial charge in [-0.1, -0.05) is 48.5 Å². The topological polar surface area (TPSA) is 49.3 Å². The lowest BCUT2D eigenvalue weighted by molar-refractivity contribution is -0.120. The minimum atomic E-state index is -0.713. The van der Waals surface area contributed by atoms with Gasteiger partial charge in [-0.05, 0) is 22.3 Å². The molecule has 0 radical (unpaired) electrons. The van der Waals surface area contributed by atoms with Crippen molar-refractivity contribution in [2.75, 3.05) is 0 Å². The first-order valence-corrected chi connectivity index (χ1v) is 6.32. The molecule has 19 heavy (non-hydrogen) atoms. The van der Waals surface area contributed by atoms with Gasteiger partial charge in [0.25, 0.3) is 0 Å². The highest BCUT2D eigenvalue weighted by Crippen LogP contribution is 2.44. The summed E-state index contributed by atoms with van der Waals surface area (Å²) in [5, 5.41) is 13.3. The highest BCUT2D eigenvalue weighted by atomic mass is 16.3. The molecule has 2 aromatic rings. The van der Waals surface area contributed by atoms with Crippen molar-refractivity contribution in [2.45, 2.75) is 19.1 Å². The molecule has 96 valence electrons. The number of hydrogen-bond acceptors (Lipinski definition) is 2. The van der Waals surface area contributed by atoms with E-state index in [1.165, 1.54) is 6.92 Å². The Morgan fingerprint density at radius 2 is 1.53 bits per heavy atom. The van der Waals surface area contributed by atoms with Crippen molar-refractivity contribution in [1.29, 1.82) is 0 Å². The molecule has 0 saturated carbocycles. The molecule has 2 atom stereocenters. The molecule has 3 rings (SSSR count). The standard InChI is InChI=1S/C16H15NO2/c1-10(18)17-15-13-8-4-2-6-11(13)12-7-3-5-9-14(12)16(15)19/h2-9,15-16,19H,1H3,(H,17,18)/t15-,16-/m0/s1. The summed E-state index contributed by atoms with van der Waals surface area (Å²) >= 11 is 0. The Hall–Kier alpha value is -2.13. The molecule has 2 N–H and O–H groups in total. The maximum atomic E-state index is 11.4. The second-order valence-corrected chi connectivity index (χ2v) is 4.80. The van der Waals surface area contributed by atoms with Crippen LogP contribution < -0.4 is 5.32 Å². The van der Waals surface area contributed by atoms with E-state index in [-0.39, 0.29) is 11.9 Å². The predicted octanol–water partition coefficient (Wildman–Crippen LogP) is 2.58. The first kappa shape index (κ1) is 11.9. The number of rotatable bonds is 1. The highest BCUT2D eigenvalue weighted by Gasteiger charge is 2.32. The van der Waals surface area contributed by atoms with E-state index in [1.54, 1.807) is 0 Å². The fourth-order valence-corrected chi connectivity index (χ4v) is 2.74. The Labute approximate surface area is 111 Å². The van der Waals surface area contributed by atoms with Gasteiger partial charge in [0.15, 0.2) is 0 Å². The van der Waals surface area contributed by atoms with E-state index in [0.29, 0.717) is 0 Å². The Morgan fingerprint density at radius 1 is 1.00 bits per heavy atom.